The van der Waals surface area contributed by atoms with Crippen LogP contribution in [0.1, 0.15) is 61.1 Å². The lowest BCUT2D eigenvalue weighted by Crippen LogP contribution is -2.13. The van der Waals surface area contributed by atoms with Gasteiger partial charge in [-0.25, -0.2) is 9.18 Å². The van der Waals surface area contributed by atoms with Crippen molar-refractivity contribution < 1.29 is 23.8 Å². The summed E-state index contributed by atoms with van der Waals surface area (Å²) in [6.07, 6.45) is 2.87. The summed E-state index contributed by atoms with van der Waals surface area (Å²) in [7, 11) is 1.93. The molecule has 3 heterocycles. The van der Waals surface area contributed by atoms with Crippen LogP contribution in [0, 0.1) is 17.7 Å². The Hall–Kier alpha value is -3.92. The average molecular weight is 675 g/mol. The molecule has 1 aliphatic heterocycles. The van der Waals surface area contributed by atoms with Gasteiger partial charge in [-0.1, -0.05) is 50.6 Å². The second kappa shape index (κ2) is 14.7. The Balaban J connectivity index is 0.000000749. The lowest BCUT2D eigenvalue weighted by Gasteiger charge is -2.14. The molecule has 2 atom stereocenters. The minimum absolute atomic E-state index is 0.290. The molecule has 48 heavy (non-hydrogen) atoms. The van der Waals surface area contributed by atoms with Crippen LogP contribution in [0.25, 0.3) is 32.8 Å². The van der Waals surface area contributed by atoms with Gasteiger partial charge in [0.25, 0.3) is 0 Å². The molecule has 0 radical (unpaired) electrons. The molecular weight excluding hydrogens is 631 g/mol. The van der Waals surface area contributed by atoms with Gasteiger partial charge in [0.15, 0.2) is 0 Å². The molecule has 3 aromatic carbocycles. The summed E-state index contributed by atoms with van der Waals surface area (Å²) in [6.45, 7) is 10.5. The van der Waals surface area contributed by atoms with Crippen molar-refractivity contribution in [3.05, 3.63) is 82.0 Å². The maximum absolute atomic E-state index is 13.7. The molecule has 0 saturated heterocycles. The largest absolute Gasteiger partial charge is 0.493 e. The first kappa shape index (κ1) is 34.0. The molecule has 8 nitrogen and oxygen atoms in total. The molecule has 0 amide bonds. The van der Waals surface area contributed by atoms with Crippen molar-refractivity contribution in [3.8, 4) is 16.9 Å². The number of carboxylic acids is 1. The van der Waals surface area contributed by atoms with Gasteiger partial charge in [0.2, 0.25) is 0 Å². The van der Waals surface area contributed by atoms with E-state index in [0.717, 1.165) is 75.7 Å². The number of carboxylic acid groups (broad SMARTS) is 1. The SMILES string of the molecule is CCNCC.CCc1c2c(nn1C)COCC1CC1Cn1c(C(=O)O)c(CCCOc3cccc4cc(F)ccc34)c3ccc(Cl)c-2c31. The molecule has 7 rings (SSSR count). The summed E-state index contributed by atoms with van der Waals surface area (Å²) in [5.41, 5.74) is 5.58. The summed E-state index contributed by atoms with van der Waals surface area (Å²) in [5.74, 6) is 0.178. The molecule has 10 heteroatoms. The number of rotatable bonds is 9. The van der Waals surface area contributed by atoms with E-state index in [-0.39, 0.29) is 5.82 Å². The number of aromatic nitrogens is 3. The van der Waals surface area contributed by atoms with Crippen LogP contribution in [0.3, 0.4) is 0 Å². The molecule has 0 bridgehead atoms. The zero-order valence-electron chi connectivity index (χ0n) is 28.1. The summed E-state index contributed by atoms with van der Waals surface area (Å²) < 4.78 is 29.9. The Kier molecular flexibility index (Phi) is 10.4. The van der Waals surface area contributed by atoms with Crippen molar-refractivity contribution in [1.82, 2.24) is 19.7 Å². The quantitative estimate of drug-likeness (QED) is 0.154. The molecule has 1 fully saturated rings. The van der Waals surface area contributed by atoms with Gasteiger partial charge in [-0.3, -0.25) is 4.68 Å². The highest BCUT2D eigenvalue weighted by Crippen LogP contribution is 2.47. The highest BCUT2D eigenvalue weighted by atomic mass is 35.5. The fraction of sp³-hybridized carbons (Fsp3) is 0.421. The van der Waals surface area contributed by atoms with Crippen molar-refractivity contribution in [1.29, 1.82) is 0 Å². The third kappa shape index (κ3) is 6.68. The van der Waals surface area contributed by atoms with Crippen molar-refractivity contribution in [2.45, 2.75) is 59.6 Å². The summed E-state index contributed by atoms with van der Waals surface area (Å²) in [6, 6.07) is 14.1. The smallest absolute Gasteiger partial charge is 0.352 e. The van der Waals surface area contributed by atoms with Gasteiger partial charge in [0.05, 0.1) is 36.1 Å². The van der Waals surface area contributed by atoms with Crippen LogP contribution in [-0.4, -0.2) is 51.7 Å². The second-order valence-corrected chi connectivity index (χ2v) is 13.0. The van der Waals surface area contributed by atoms with Crippen LogP contribution in [-0.2, 0) is 37.8 Å². The van der Waals surface area contributed by atoms with Crippen molar-refractivity contribution in [2.75, 3.05) is 26.3 Å². The normalized spacial score (nSPS) is 16.9. The zero-order chi connectivity index (χ0) is 33.9. The van der Waals surface area contributed by atoms with E-state index < -0.39 is 5.97 Å². The number of carbonyl (C=O) groups is 1. The summed E-state index contributed by atoms with van der Waals surface area (Å²) in [4.78, 5) is 13.0. The molecule has 2 N–H and O–H groups in total. The molecule has 2 unspecified atom stereocenters. The van der Waals surface area contributed by atoms with Crippen LogP contribution in [0.15, 0.2) is 48.5 Å². The number of ether oxygens (including phenoxy) is 2. The Bertz CT molecular complexity index is 1950. The molecule has 1 aliphatic carbocycles. The lowest BCUT2D eigenvalue weighted by atomic mass is 9.97. The standard InChI is InChI=1S/C34H33ClFN3O4.C4H11N/c1-3-28-31-27(37-38(28)2)18-42-17-21-14-20(21)16-39-32-25(11-12-26(35)30(31)32)24(33(39)34(40)41)7-5-13-43-29-8-4-6-19-15-22(36)9-10-23(19)29;1-3-5-4-2/h4,6,8-12,15,20-21H,3,5,7,13-14,16-18H2,1-2H3,(H,40,41);5H,3-4H2,1-2H3. The van der Waals surface area contributed by atoms with E-state index in [2.05, 4.69) is 26.1 Å². The van der Waals surface area contributed by atoms with Gasteiger partial charge in [-0.15, -0.1) is 0 Å². The van der Waals surface area contributed by atoms with E-state index in [1.807, 2.05) is 46.6 Å². The van der Waals surface area contributed by atoms with Gasteiger partial charge in [0.1, 0.15) is 17.3 Å². The lowest BCUT2D eigenvalue weighted by molar-refractivity contribution is 0.0683. The predicted octanol–water partition coefficient (Wildman–Crippen LogP) is 8.04. The zero-order valence-corrected chi connectivity index (χ0v) is 28.9. The Morgan fingerprint density at radius 3 is 2.62 bits per heavy atom. The van der Waals surface area contributed by atoms with E-state index in [4.69, 9.17) is 26.2 Å². The Morgan fingerprint density at radius 1 is 1.10 bits per heavy atom. The van der Waals surface area contributed by atoms with Gasteiger partial charge >= 0.3 is 5.97 Å². The van der Waals surface area contributed by atoms with Gasteiger partial charge in [0, 0.05) is 41.2 Å². The molecule has 5 aromatic rings. The Labute approximate surface area is 285 Å². The third-order valence-corrected chi connectivity index (χ3v) is 9.81. The highest BCUT2D eigenvalue weighted by molar-refractivity contribution is 6.35. The number of nitrogens with one attached hydrogen (secondary N) is 1. The van der Waals surface area contributed by atoms with Crippen molar-refractivity contribution >= 4 is 39.2 Å². The number of aryl methyl sites for hydroxylation is 2. The van der Waals surface area contributed by atoms with Gasteiger partial charge in [-0.2, -0.15) is 5.10 Å². The molecule has 0 spiro atoms. The molecule has 1 saturated carbocycles. The third-order valence-electron chi connectivity index (χ3n) is 9.49. The average Bonchev–Trinajstić information content (AvgIpc) is 3.62. The van der Waals surface area contributed by atoms with E-state index >= 15 is 0 Å². The molecule has 2 aromatic heterocycles. The van der Waals surface area contributed by atoms with Crippen LogP contribution in [0.2, 0.25) is 5.02 Å². The first-order valence-electron chi connectivity index (χ1n) is 17.0. The number of nitrogens with zero attached hydrogens (tertiary/aromatic N) is 3. The number of halogens is 2. The van der Waals surface area contributed by atoms with E-state index in [9.17, 15) is 14.3 Å². The molecule has 254 valence electrons. The fourth-order valence-electron chi connectivity index (χ4n) is 7.14. The minimum Gasteiger partial charge on any atom is -0.493 e. The Morgan fingerprint density at radius 2 is 1.90 bits per heavy atom. The number of aromatic carboxylic acids is 1. The van der Waals surface area contributed by atoms with Crippen molar-refractivity contribution in [3.63, 3.8) is 0 Å². The van der Waals surface area contributed by atoms with Crippen molar-refractivity contribution in [2.24, 2.45) is 18.9 Å². The summed E-state index contributed by atoms with van der Waals surface area (Å²) in [5, 5.41) is 21.6. The number of hydrogen-bond donors (Lipinski definition) is 2. The summed E-state index contributed by atoms with van der Waals surface area (Å²) >= 11 is 6.99. The first-order chi connectivity index (χ1) is 23.3. The van der Waals surface area contributed by atoms with E-state index in [0.29, 0.717) is 67.5 Å². The molecular formula is C38H44ClFN4O4. The van der Waals surface area contributed by atoms with Crippen LogP contribution in [0.4, 0.5) is 4.39 Å². The fourth-order valence-corrected chi connectivity index (χ4v) is 7.38. The minimum atomic E-state index is -0.948. The van der Waals surface area contributed by atoms with E-state index in [1.54, 1.807) is 6.07 Å². The van der Waals surface area contributed by atoms with Crippen LogP contribution in [0.5, 0.6) is 5.75 Å². The van der Waals surface area contributed by atoms with E-state index in [1.165, 1.54) is 12.1 Å². The maximum atomic E-state index is 13.7. The second-order valence-electron chi connectivity index (χ2n) is 12.6. The highest BCUT2D eigenvalue weighted by Gasteiger charge is 2.40. The van der Waals surface area contributed by atoms with Gasteiger partial charge in [-0.05, 0) is 91.9 Å². The van der Waals surface area contributed by atoms with Crippen LogP contribution < -0.4 is 10.1 Å². The number of fused-ring (bicyclic) bond motifs is 4. The predicted molar refractivity (Wildman–Crippen MR) is 189 cm³/mol. The monoisotopic (exact) mass is 674 g/mol. The number of benzene rings is 3. The number of hydrogen-bond acceptors (Lipinski definition) is 5. The molecule has 2 aliphatic rings. The van der Waals surface area contributed by atoms with Gasteiger partial charge < -0.3 is 24.5 Å². The van der Waals surface area contributed by atoms with Crippen LogP contribution >= 0.6 is 11.6 Å². The maximum Gasteiger partial charge on any atom is 0.352 e. The first-order valence-corrected chi connectivity index (χ1v) is 17.4. The topological polar surface area (TPSA) is 90.5 Å².